The molecule has 0 saturated carbocycles. The Kier molecular flexibility index (Phi) is 5.53. The highest BCUT2D eigenvalue weighted by atomic mass is 19.4. The van der Waals surface area contributed by atoms with Gasteiger partial charge in [-0.1, -0.05) is 42.5 Å². The van der Waals surface area contributed by atoms with E-state index in [1.807, 2.05) is 18.2 Å². The quantitative estimate of drug-likeness (QED) is 0.492. The highest BCUT2D eigenvalue weighted by molar-refractivity contribution is 6.15. The van der Waals surface area contributed by atoms with Crippen LogP contribution < -0.4 is 0 Å². The second-order valence-electron chi connectivity index (χ2n) is 5.85. The molecule has 1 aromatic heterocycles. The van der Waals surface area contributed by atoms with E-state index in [4.69, 9.17) is 4.74 Å². The Morgan fingerprint density at radius 3 is 2.36 bits per heavy atom. The van der Waals surface area contributed by atoms with Gasteiger partial charge in [-0.05, 0) is 46.7 Å². The van der Waals surface area contributed by atoms with Gasteiger partial charge in [0, 0.05) is 0 Å². The van der Waals surface area contributed by atoms with Crippen LogP contribution >= 0.6 is 0 Å². The number of hydrogen-bond donors (Lipinski definition) is 0. The minimum atomic E-state index is -4.42. The molecule has 0 aliphatic heterocycles. The van der Waals surface area contributed by atoms with Crippen molar-refractivity contribution in [3.63, 3.8) is 0 Å². The molecule has 0 unspecified atom stereocenters. The summed E-state index contributed by atoms with van der Waals surface area (Å²) >= 11 is 0. The molecular weight excluding hydrogens is 373 g/mol. The van der Waals surface area contributed by atoms with E-state index in [2.05, 4.69) is 15.5 Å². The summed E-state index contributed by atoms with van der Waals surface area (Å²) in [7, 11) is 0. The Bertz CT molecular complexity index is 980. The smallest absolute Gasteiger partial charge is 0.416 e. The Labute approximate surface area is 158 Å². The van der Waals surface area contributed by atoms with Crippen molar-refractivity contribution in [2.45, 2.75) is 19.7 Å². The summed E-state index contributed by atoms with van der Waals surface area (Å²) in [5.74, 6) is -0.326. The first kappa shape index (κ1) is 19.3. The molecular formula is C19H15F3N4O2. The Hall–Kier alpha value is -3.49. The van der Waals surface area contributed by atoms with Crippen LogP contribution in [-0.4, -0.2) is 26.2 Å². The minimum Gasteiger partial charge on any atom is -0.456 e. The molecule has 0 saturated heterocycles. The molecule has 0 spiro atoms. The number of carbonyl (C=O) groups excluding carboxylic acids is 1. The number of carbonyl (C=O) groups is 1. The van der Waals surface area contributed by atoms with Crippen molar-refractivity contribution in [3.05, 3.63) is 77.1 Å². The normalized spacial score (nSPS) is 12.1. The maximum absolute atomic E-state index is 12.6. The lowest BCUT2D eigenvalue weighted by molar-refractivity contribution is -0.139. The number of aromatic nitrogens is 4. The summed E-state index contributed by atoms with van der Waals surface area (Å²) in [6.45, 7) is 1.44. The molecule has 3 aromatic rings. The first-order valence-corrected chi connectivity index (χ1v) is 8.20. The van der Waals surface area contributed by atoms with E-state index >= 15 is 0 Å². The summed E-state index contributed by atoms with van der Waals surface area (Å²) in [4.78, 5) is 12.6. The predicted octanol–water partition coefficient (Wildman–Crippen LogP) is 3.74. The lowest BCUT2D eigenvalue weighted by atomic mass is 10.1. The zero-order valence-electron chi connectivity index (χ0n) is 14.7. The topological polar surface area (TPSA) is 69.9 Å². The van der Waals surface area contributed by atoms with Crippen molar-refractivity contribution in [2.75, 3.05) is 0 Å². The number of hydrogen-bond acceptors (Lipinski definition) is 5. The average molecular weight is 388 g/mol. The largest absolute Gasteiger partial charge is 0.456 e. The van der Waals surface area contributed by atoms with Crippen molar-refractivity contribution < 1.29 is 22.7 Å². The van der Waals surface area contributed by atoms with Crippen LogP contribution in [-0.2, 0) is 22.3 Å². The fraction of sp³-hybridized carbons (Fsp3) is 0.158. The molecule has 0 aliphatic rings. The van der Waals surface area contributed by atoms with Crippen LogP contribution in [0.3, 0.4) is 0 Å². The van der Waals surface area contributed by atoms with Crippen LogP contribution in [0, 0.1) is 6.92 Å². The first-order valence-electron chi connectivity index (χ1n) is 8.20. The van der Waals surface area contributed by atoms with Gasteiger partial charge >= 0.3 is 12.1 Å². The van der Waals surface area contributed by atoms with Gasteiger partial charge in [0.15, 0.2) is 11.5 Å². The number of aryl methyl sites for hydroxylation is 1. The molecule has 28 heavy (non-hydrogen) atoms. The van der Waals surface area contributed by atoms with Crippen molar-refractivity contribution in [1.29, 1.82) is 0 Å². The summed E-state index contributed by atoms with van der Waals surface area (Å²) in [5, 5.41) is 11.1. The zero-order chi connectivity index (χ0) is 20.1. The van der Waals surface area contributed by atoms with Gasteiger partial charge in [0.05, 0.1) is 5.56 Å². The van der Waals surface area contributed by atoms with Gasteiger partial charge in [-0.2, -0.15) is 17.9 Å². The van der Waals surface area contributed by atoms with E-state index in [9.17, 15) is 18.0 Å². The average Bonchev–Trinajstić information content (AvgIpc) is 3.10. The number of esters is 1. The van der Waals surface area contributed by atoms with Crippen molar-refractivity contribution >= 4 is 17.7 Å². The van der Waals surface area contributed by atoms with Gasteiger partial charge in [-0.25, -0.2) is 4.79 Å². The van der Waals surface area contributed by atoms with Crippen LogP contribution in [0.15, 0.2) is 54.6 Å². The molecule has 0 fully saturated rings. The van der Waals surface area contributed by atoms with Crippen molar-refractivity contribution in [2.24, 2.45) is 0 Å². The molecule has 0 radical (unpaired) electrons. The monoisotopic (exact) mass is 388 g/mol. The van der Waals surface area contributed by atoms with Crippen LogP contribution in [0.2, 0.25) is 0 Å². The maximum atomic E-state index is 12.6. The second-order valence-corrected chi connectivity index (χ2v) is 5.85. The molecule has 0 bridgehead atoms. The predicted molar refractivity (Wildman–Crippen MR) is 94.4 cm³/mol. The third-order valence-electron chi connectivity index (χ3n) is 3.82. The molecule has 2 aromatic carbocycles. The number of alkyl halides is 3. The molecule has 0 aliphatic carbocycles. The Morgan fingerprint density at radius 2 is 1.79 bits per heavy atom. The number of halogens is 3. The van der Waals surface area contributed by atoms with E-state index in [0.717, 1.165) is 17.7 Å². The molecule has 3 rings (SSSR count). The first-order chi connectivity index (χ1) is 13.3. The van der Waals surface area contributed by atoms with E-state index in [-0.39, 0.29) is 12.3 Å². The van der Waals surface area contributed by atoms with Crippen molar-refractivity contribution in [3.8, 4) is 0 Å². The zero-order valence-corrected chi connectivity index (χ0v) is 14.7. The maximum Gasteiger partial charge on any atom is 0.416 e. The Morgan fingerprint density at radius 1 is 1.11 bits per heavy atom. The van der Waals surface area contributed by atoms with E-state index in [1.165, 1.54) is 16.8 Å². The third-order valence-corrected chi connectivity index (χ3v) is 3.82. The molecule has 0 atom stereocenters. The fourth-order valence-electron chi connectivity index (χ4n) is 2.38. The molecule has 0 amide bonds. The van der Waals surface area contributed by atoms with E-state index in [1.54, 1.807) is 25.1 Å². The molecule has 0 N–H and O–H groups in total. The second kappa shape index (κ2) is 8.03. The number of rotatable bonds is 5. The van der Waals surface area contributed by atoms with Gasteiger partial charge in [-0.15, -0.1) is 5.10 Å². The number of tetrazole rings is 1. The highest BCUT2D eigenvalue weighted by Gasteiger charge is 2.30. The molecule has 144 valence electrons. The number of ether oxygens (including phenoxy) is 1. The highest BCUT2D eigenvalue weighted by Crippen LogP contribution is 2.29. The Balaban J connectivity index is 1.79. The van der Waals surface area contributed by atoms with Gasteiger partial charge in [0.2, 0.25) is 0 Å². The summed E-state index contributed by atoms with van der Waals surface area (Å²) in [6.07, 6.45) is -2.85. The minimum absolute atomic E-state index is 0.0839. The molecule has 9 heteroatoms. The van der Waals surface area contributed by atoms with Gasteiger partial charge in [-0.3, -0.25) is 0 Å². The molecule has 6 nitrogen and oxygen atoms in total. The van der Waals surface area contributed by atoms with Crippen LogP contribution in [0.4, 0.5) is 13.2 Å². The lowest BCUT2D eigenvalue weighted by Crippen LogP contribution is -2.15. The standard InChI is InChI=1S/C19H15F3N4O2/c1-13-23-24-25-26(13)17(11-14-5-3-2-4-6-14)18(27)28-12-15-7-9-16(10-8-15)19(20,21)22/h2-11H,12H2,1H3/b17-11-. The number of benzene rings is 2. The van der Waals surface area contributed by atoms with Crippen molar-refractivity contribution in [1.82, 2.24) is 20.2 Å². The SMILES string of the molecule is Cc1nnnn1/C(=C\c1ccccc1)C(=O)OCc1ccc(C(F)(F)F)cc1. The third kappa shape index (κ3) is 4.61. The number of nitrogens with zero attached hydrogens (tertiary/aromatic N) is 4. The van der Waals surface area contributed by atoms with Crippen LogP contribution in [0.25, 0.3) is 11.8 Å². The molecule has 1 heterocycles. The van der Waals surface area contributed by atoms with E-state index in [0.29, 0.717) is 11.4 Å². The fourth-order valence-corrected chi connectivity index (χ4v) is 2.38. The van der Waals surface area contributed by atoms with Gasteiger partial charge < -0.3 is 4.74 Å². The summed E-state index contributed by atoms with van der Waals surface area (Å²) in [5.41, 5.74) is 0.477. The van der Waals surface area contributed by atoms with Crippen LogP contribution in [0.1, 0.15) is 22.5 Å². The lowest BCUT2D eigenvalue weighted by Gasteiger charge is -2.10. The van der Waals surface area contributed by atoms with Gasteiger partial charge in [0.1, 0.15) is 6.61 Å². The summed E-state index contributed by atoms with van der Waals surface area (Å²) < 4.78 is 44.4. The summed E-state index contributed by atoms with van der Waals surface area (Å²) in [6, 6.07) is 13.4. The van der Waals surface area contributed by atoms with E-state index < -0.39 is 17.7 Å². The van der Waals surface area contributed by atoms with Gasteiger partial charge in [0.25, 0.3) is 0 Å². The van der Waals surface area contributed by atoms with Crippen LogP contribution in [0.5, 0.6) is 0 Å².